The second-order valence-corrected chi connectivity index (χ2v) is 5.58. The normalized spacial score (nSPS) is 17.2. The highest BCUT2D eigenvalue weighted by molar-refractivity contribution is 5.76. The third-order valence-corrected chi connectivity index (χ3v) is 3.94. The Balaban J connectivity index is 1.73. The molecule has 0 saturated heterocycles. The van der Waals surface area contributed by atoms with E-state index in [2.05, 4.69) is 10.3 Å². The Morgan fingerprint density at radius 2 is 2.08 bits per heavy atom. The molecule has 1 aliphatic heterocycles. The standard InChI is InChI=1S/C17H16F2N2O3/c18-17(19,16(22)23)14-6-3-7-15(21-14)20-8-12-10-24-9-11-4-1-2-5-13(11)12/h1-7,12H,8-10H2,(H,20,21)(H,22,23). The molecule has 126 valence electrons. The van der Waals surface area contributed by atoms with E-state index >= 15 is 0 Å². The molecule has 0 bridgehead atoms. The Labute approximate surface area is 137 Å². The van der Waals surface area contributed by atoms with Crippen LogP contribution in [0.4, 0.5) is 14.6 Å². The van der Waals surface area contributed by atoms with Gasteiger partial charge in [-0.05, 0) is 23.3 Å². The van der Waals surface area contributed by atoms with Gasteiger partial charge in [-0.3, -0.25) is 0 Å². The molecule has 2 N–H and O–H groups in total. The maximum Gasteiger partial charge on any atom is 0.384 e. The van der Waals surface area contributed by atoms with Crippen molar-refractivity contribution in [2.24, 2.45) is 0 Å². The van der Waals surface area contributed by atoms with E-state index in [-0.39, 0.29) is 11.7 Å². The third kappa shape index (κ3) is 3.21. The number of hydrogen-bond acceptors (Lipinski definition) is 4. The molecule has 0 amide bonds. The summed E-state index contributed by atoms with van der Waals surface area (Å²) in [6.45, 7) is 1.53. The Morgan fingerprint density at radius 3 is 2.88 bits per heavy atom. The van der Waals surface area contributed by atoms with E-state index in [4.69, 9.17) is 9.84 Å². The predicted octanol–water partition coefficient (Wildman–Crippen LogP) is 2.98. The van der Waals surface area contributed by atoms with Crippen molar-refractivity contribution in [3.8, 4) is 0 Å². The monoisotopic (exact) mass is 334 g/mol. The summed E-state index contributed by atoms with van der Waals surface area (Å²) >= 11 is 0. The van der Waals surface area contributed by atoms with Gasteiger partial charge in [0.05, 0.1) is 13.2 Å². The highest BCUT2D eigenvalue weighted by atomic mass is 19.3. The number of carbonyl (C=O) groups is 1. The molecule has 1 aliphatic rings. The van der Waals surface area contributed by atoms with Gasteiger partial charge in [-0.15, -0.1) is 0 Å². The average molecular weight is 334 g/mol. The molecule has 2 aromatic rings. The number of ether oxygens (including phenoxy) is 1. The first-order valence-corrected chi connectivity index (χ1v) is 7.46. The van der Waals surface area contributed by atoms with Crippen molar-refractivity contribution < 1.29 is 23.4 Å². The Bertz CT molecular complexity index is 752. The van der Waals surface area contributed by atoms with Crippen molar-refractivity contribution in [1.82, 2.24) is 4.98 Å². The van der Waals surface area contributed by atoms with Crippen molar-refractivity contribution in [2.45, 2.75) is 18.4 Å². The van der Waals surface area contributed by atoms with Crippen LogP contribution >= 0.6 is 0 Å². The second-order valence-electron chi connectivity index (χ2n) is 5.58. The summed E-state index contributed by atoms with van der Waals surface area (Å²) in [4.78, 5) is 14.4. The number of alkyl halides is 2. The summed E-state index contributed by atoms with van der Waals surface area (Å²) in [5.74, 6) is -5.96. The van der Waals surface area contributed by atoms with Crippen molar-refractivity contribution in [2.75, 3.05) is 18.5 Å². The lowest BCUT2D eigenvalue weighted by Crippen LogP contribution is -2.27. The van der Waals surface area contributed by atoms with E-state index in [1.807, 2.05) is 24.3 Å². The van der Waals surface area contributed by atoms with E-state index in [1.54, 1.807) is 0 Å². The minimum Gasteiger partial charge on any atom is -0.476 e. The minimum absolute atomic E-state index is 0.0698. The van der Waals surface area contributed by atoms with E-state index in [0.29, 0.717) is 19.8 Å². The van der Waals surface area contributed by atoms with Gasteiger partial charge in [-0.25, -0.2) is 9.78 Å². The van der Waals surface area contributed by atoms with Crippen LogP contribution in [0.15, 0.2) is 42.5 Å². The van der Waals surface area contributed by atoms with Crippen LogP contribution in [0, 0.1) is 0 Å². The van der Waals surface area contributed by atoms with Gasteiger partial charge >= 0.3 is 11.9 Å². The first kappa shape index (κ1) is 16.3. The van der Waals surface area contributed by atoms with Gasteiger partial charge < -0.3 is 15.2 Å². The summed E-state index contributed by atoms with van der Waals surface area (Å²) in [5.41, 5.74) is 1.47. The molecule has 7 heteroatoms. The molecule has 1 atom stereocenters. The number of benzene rings is 1. The molecule has 0 fully saturated rings. The number of anilines is 1. The molecule has 0 radical (unpaired) electrons. The van der Waals surface area contributed by atoms with Crippen LogP contribution < -0.4 is 5.32 Å². The van der Waals surface area contributed by atoms with Gasteiger partial charge in [0, 0.05) is 12.5 Å². The molecule has 24 heavy (non-hydrogen) atoms. The summed E-state index contributed by atoms with van der Waals surface area (Å²) in [6.07, 6.45) is 0. The van der Waals surface area contributed by atoms with Crippen LogP contribution in [-0.2, 0) is 22.1 Å². The molecule has 3 rings (SSSR count). The number of carboxylic acids is 1. The number of aromatic nitrogens is 1. The molecule has 0 spiro atoms. The molecule has 5 nitrogen and oxygen atoms in total. The van der Waals surface area contributed by atoms with E-state index in [9.17, 15) is 13.6 Å². The number of nitrogens with zero attached hydrogens (tertiary/aromatic N) is 1. The molecule has 1 unspecified atom stereocenters. The molecule has 2 heterocycles. The minimum atomic E-state index is -4.02. The van der Waals surface area contributed by atoms with E-state index in [1.165, 1.54) is 12.1 Å². The van der Waals surface area contributed by atoms with Crippen molar-refractivity contribution >= 4 is 11.8 Å². The molecule has 0 aliphatic carbocycles. The van der Waals surface area contributed by atoms with Gasteiger partial charge in [0.2, 0.25) is 0 Å². The summed E-state index contributed by atoms with van der Waals surface area (Å²) < 4.78 is 32.6. The van der Waals surface area contributed by atoms with Crippen LogP contribution in [0.2, 0.25) is 0 Å². The number of fused-ring (bicyclic) bond motifs is 1. The van der Waals surface area contributed by atoms with E-state index in [0.717, 1.165) is 17.2 Å². The molecule has 1 aromatic carbocycles. The third-order valence-electron chi connectivity index (χ3n) is 3.94. The number of aliphatic carboxylic acids is 1. The number of carboxylic acid groups (broad SMARTS) is 1. The molecule has 0 saturated carbocycles. The number of pyridine rings is 1. The van der Waals surface area contributed by atoms with Gasteiger partial charge in [0.15, 0.2) is 0 Å². The van der Waals surface area contributed by atoms with Gasteiger partial charge in [-0.1, -0.05) is 30.3 Å². The fraction of sp³-hybridized carbons (Fsp3) is 0.294. The van der Waals surface area contributed by atoms with Crippen LogP contribution in [-0.4, -0.2) is 29.2 Å². The first-order valence-electron chi connectivity index (χ1n) is 7.46. The Hall–Kier alpha value is -2.54. The zero-order valence-electron chi connectivity index (χ0n) is 12.7. The number of hydrogen-bond donors (Lipinski definition) is 2. The molecular formula is C17H16F2N2O3. The lowest BCUT2D eigenvalue weighted by Gasteiger charge is -2.26. The first-order chi connectivity index (χ1) is 11.5. The van der Waals surface area contributed by atoms with Crippen LogP contribution in [0.5, 0.6) is 0 Å². The zero-order chi connectivity index (χ0) is 17.2. The topological polar surface area (TPSA) is 71.5 Å². The maximum atomic E-state index is 13.5. The maximum absolute atomic E-state index is 13.5. The van der Waals surface area contributed by atoms with Gasteiger partial charge in [-0.2, -0.15) is 8.78 Å². The number of rotatable bonds is 5. The SMILES string of the molecule is O=C(O)C(F)(F)c1cccc(NCC2COCc3ccccc32)n1. The van der Waals surface area contributed by atoms with Crippen LogP contribution in [0.3, 0.4) is 0 Å². The summed E-state index contributed by atoms with van der Waals surface area (Å²) in [6, 6.07) is 11.8. The lowest BCUT2D eigenvalue weighted by molar-refractivity contribution is -0.166. The number of nitrogens with one attached hydrogen (secondary N) is 1. The van der Waals surface area contributed by atoms with Crippen molar-refractivity contribution in [3.05, 3.63) is 59.3 Å². The highest BCUT2D eigenvalue weighted by Gasteiger charge is 2.42. The molecule has 1 aromatic heterocycles. The average Bonchev–Trinajstić information content (AvgIpc) is 2.60. The van der Waals surface area contributed by atoms with Crippen LogP contribution in [0.1, 0.15) is 22.7 Å². The molecular weight excluding hydrogens is 318 g/mol. The summed E-state index contributed by atoms with van der Waals surface area (Å²) in [5, 5.41) is 11.6. The van der Waals surface area contributed by atoms with Crippen molar-refractivity contribution in [3.63, 3.8) is 0 Å². The van der Waals surface area contributed by atoms with Gasteiger partial charge in [0.1, 0.15) is 11.5 Å². The summed E-state index contributed by atoms with van der Waals surface area (Å²) in [7, 11) is 0. The quantitative estimate of drug-likeness (QED) is 0.879. The second kappa shape index (κ2) is 6.52. The highest BCUT2D eigenvalue weighted by Crippen LogP contribution is 2.29. The Kier molecular flexibility index (Phi) is 4.44. The Morgan fingerprint density at radius 1 is 1.29 bits per heavy atom. The lowest BCUT2D eigenvalue weighted by atomic mass is 9.93. The van der Waals surface area contributed by atoms with E-state index < -0.39 is 17.6 Å². The van der Waals surface area contributed by atoms with Gasteiger partial charge in [0.25, 0.3) is 0 Å². The fourth-order valence-corrected chi connectivity index (χ4v) is 2.68. The largest absolute Gasteiger partial charge is 0.476 e. The van der Waals surface area contributed by atoms with Crippen LogP contribution in [0.25, 0.3) is 0 Å². The number of halogens is 2. The zero-order valence-corrected chi connectivity index (χ0v) is 12.7. The fourth-order valence-electron chi connectivity index (χ4n) is 2.68. The predicted molar refractivity (Wildman–Crippen MR) is 83.1 cm³/mol. The smallest absolute Gasteiger partial charge is 0.384 e. The van der Waals surface area contributed by atoms with Crippen molar-refractivity contribution in [1.29, 1.82) is 0 Å².